The summed E-state index contributed by atoms with van der Waals surface area (Å²) in [4.78, 5) is 23.8. The van der Waals surface area contributed by atoms with E-state index >= 15 is 0 Å². The Labute approximate surface area is 144 Å². The first-order chi connectivity index (χ1) is 11.4. The van der Waals surface area contributed by atoms with E-state index in [1.165, 1.54) is 26.2 Å². The van der Waals surface area contributed by atoms with Gasteiger partial charge in [-0.25, -0.2) is 0 Å². The Balaban J connectivity index is 1.44. The largest absolute Gasteiger partial charge is 0.463 e. The molecule has 0 aromatic rings. The fourth-order valence-electron chi connectivity index (χ4n) is 7.55. The first-order valence-electron chi connectivity index (χ1n) is 9.80. The summed E-state index contributed by atoms with van der Waals surface area (Å²) in [5.74, 6) is 2.31. The Morgan fingerprint density at radius 2 is 2.04 bits per heavy atom. The molecule has 0 heterocycles. The molecule has 0 N–H and O–H groups in total. The highest BCUT2D eigenvalue weighted by Crippen LogP contribution is 2.81. The molecule has 0 spiro atoms. The van der Waals surface area contributed by atoms with Crippen molar-refractivity contribution in [3.63, 3.8) is 0 Å². The van der Waals surface area contributed by atoms with E-state index in [0.717, 1.165) is 38.0 Å². The van der Waals surface area contributed by atoms with Gasteiger partial charge < -0.3 is 4.74 Å². The smallest absolute Gasteiger partial charge is 0.302 e. The maximum atomic E-state index is 12.4. The van der Waals surface area contributed by atoms with Gasteiger partial charge in [0.2, 0.25) is 0 Å². The number of hydrogen-bond acceptors (Lipinski definition) is 3. The average molecular weight is 328 g/mol. The van der Waals surface area contributed by atoms with Crippen LogP contribution in [0.4, 0.5) is 0 Å². The molecule has 0 saturated heterocycles. The molecule has 0 radical (unpaired) electrons. The molecule has 7 atom stereocenters. The molecular weight excluding hydrogens is 300 g/mol. The van der Waals surface area contributed by atoms with Crippen LogP contribution in [0.25, 0.3) is 0 Å². The molecule has 0 unspecified atom stereocenters. The highest BCUT2D eigenvalue weighted by molar-refractivity contribution is 5.87. The molecule has 0 aromatic carbocycles. The van der Waals surface area contributed by atoms with Gasteiger partial charge in [0.05, 0.1) is 0 Å². The first-order valence-corrected chi connectivity index (χ1v) is 9.80. The second-order valence-corrected chi connectivity index (χ2v) is 9.53. The van der Waals surface area contributed by atoms with Gasteiger partial charge in [0.1, 0.15) is 11.9 Å². The molecule has 130 valence electrons. The van der Waals surface area contributed by atoms with Crippen molar-refractivity contribution in [1.82, 2.24) is 0 Å². The molecule has 0 bridgehead atoms. The van der Waals surface area contributed by atoms with Crippen molar-refractivity contribution < 1.29 is 14.3 Å². The van der Waals surface area contributed by atoms with Gasteiger partial charge in [0, 0.05) is 18.8 Å². The fourth-order valence-corrected chi connectivity index (χ4v) is 7.55. The van der Waals surface area contributed by atoms with Crippen LogP contribution in [-0.4, -0.2) is 17.9 Å². The van der Waals surface area contributed by atoms with E-state index in [9.17, 15) is 9.59 Å². The van der Waals surface area contributed by atoms with Crippen LogP contribution in [0.1, 0.15) is 65.2 Å². The van der Waals surface area contributed by atoms with Crippen LogP contribution in [0.2, 0.25) is 0 Å². The minimum atomic E-state index is -0.139. The van der Waals surface area contributed by atoms with Crippen molar-refractivity contribution in [2.75, 3.05) is 0 Å². The molecule has 5 rings (SSSR count). The zero-order valence-electron chi connectivity index (χ0n) is 14.8. The Kier molecular flexibility index (Phi) is 2.86. The first kappa shape index (κ1) is 15.2. The molecule has 3 heteroatoms. The van der Waals surface area contributed by atoms with Crippen molar-refractivity contribution in [3.8, 4) is 0 Å². The number of rotatable bonds is 1. The molecule has 5 aliphatic rings. The number of carbonyl (C=O) groups is 2. The minimum absolute atomic E-state index is 0.0496. The predicted octanol–water partition coefficient (Wildman–Crippen LogP) is 4.06. The topological polar surface area (TPSA) is 43.4 Å². The number of fused-ring (bicyclic) bond motifs is 3. The number of esters is 1. The summed E-state index contributed by atoms with van der Waals surface area (Å²) in [6.07, 6.45) is 13.8. The zero-order chi connectivity index (χ0) is 16.7. The van der Waals surface area contributed by atoms with Crippen molar-refractivity contribution in [1.29, 1.82) is 0 Å². The molecule has 4 saturated carbocycles. The maximum absolute atomic E-state index is 12.4. The molecule has 0 amide bonds. The summed E-state index contributed by atoms with van der Waals surface area (Å²) < 4.78 is 5.55. The van der Waals surface area contributed by atoms with Crippen LogP contribution < -0.4 is 0 Å². The van der Waals surface area contributed by atoms with Gasteiger partial charge >= 0.3 is 5.97 Å². The second-order valence-electron chi connectivity index (χ2n) is 9.53. The number of allylic oxidation sites excluding steroid dienone is 2. The fraction of sp³-hybridized carbons (Fsp3) is 0.810. The monoisotopic (exact) mass is 328 g/mol. The summed E-state index contributed by atoms with van der Waals surface area (Å²) in [6.45, 7) is 3.76. The van der Waals surface area contributed by atoms with E-state index in [4.69, 9.17) is 4.74 Å². The number of ketones is 1. The highest BCUT2D eigenvalue weighted by Gasteiger charge is 2.74. The van der Waals surface area contributed by atoms with E-state index in [0.29, 0.717) is 28.4 Å². The Morgan fingerprint density at radius 3 is 2.83 bits per heavy atom. The Bertz CT molecular complexity index is 651. The van der Waals surface area contributed by atoms with Gasteiger partial charge in [-0.2, -0.15) is 0 Å². The number of carbonyl (C=O) groups excluding carboxylic acids is 2. The van der Waals surface area contributed by atoms with Crippen LogP contribution in [0, 0.1) is 34.0 Å². The van der Waals surface area contributed by atoms with Crippen LogP contribution in [0.5, 0.6) is 0 Å². The van der Waals surface area contributed by atoms with Crippen molar-refractivity contribution >= 4 is 11.8 Å². The normalized spacial score (nSPS) is 54.3. The van der Waals surface area contributed by atoms with E-state index in [1.54, 1.807) is 0 Å². The van der Waals surface area contributed by atoms with Crippen molar-refractivity contribution in [2.45, 2.75) is 71.3 Å². The summed E-state index contributed by atoms with van der Waals surface area (Å²) in [5, 5.41) is 0. The Morgan fingerprint density at radius 1 is 1.21 bits per heavy atom. The number of ether oxygens (including phenoxy) is 1. The minimum Gasteiger partial charge on any atom is -0.463 e. The highest BCUT2D eigenvalue weighted by atomic mass is 16.5. The summed E-state index contributed by atoms with van der Waals surface area (Å²) in [5.41, 5.74) is 0.699. The Hall–Kier alpha value is -1.12. The number of Topliss-reactive ketones (excluding diaryl/α,β-unsaturated/α-hetero) is 1. The van der Waals surface area contributed by atoms with Crippen molar-refractivity contribution in [2.24, 2.45) is 34.0 Å². The van der Waals surface area contributed by atoms with Crippen LogP contribution in [0.15, 0.2) is 12.2 Å². The predicted molar refractivity (Wildman–Crippen MR) is 90.1 cm³/mol. The third-order valence-electron chi connectivity index (χ3n) is 8.72. The van der Waals surface area contributed by atoms with E-state index in [1.807, 2.05) is 0 Å². The number of hydrogen-bond donors (Lipinski definition) is 0. The third-order valence-corrected chi connectivity index (χ3v) is 8.72. The lowest BCUT2D eigenvalue weighted by molar-refractivity contribution is -0.149. The van der Waals surface area contributed by atoms with Crippen LogP contribution >= 0.6 is 0 Å². The maximum Gasteiger partial charge on any atom is 0.302 e. The van der Waals surface area contributed by atoms with Gasteiger partial charge in [0.15, 0.2) is 0 Å². The van der Waals surface area contributed by atoms with Gasteiger partial charge in [0.25, 0.3) is 0 Å². The lowest BCUT2D eigenvalue weighted by Crippen LogP contribution is -2.47. The van der Waals surface area contributed by atoms with E-state index in [2.05, 4.69) is 19.1 Å². The van der Waals surface area contributed by atoms with Crippen molar-refractivity contribution in [3.05, 3.63) is 12.2 Å². The second kappa shape index (κ2) is 4.53. The molecule has 5 aliphatic carbocycles. The summed E-state index contributed by atoms with van der Waals surface area (Å²) in [7, 11) is 0. The van der Waals surface area contributed by atoms with Crippen LogP contribution in [-0.2, 0) is 14.3 Å². The molecule has 24 heavy (non-hydrogen) atoms. The van der Waals surface area contributed by atoms with Gasteiger partial charge in [-0.15, -0.1) is 0 Å². The standard InChI is InChI=1S/C21H28O3/c1-13(22)24-14-5-10-21-12-20(21,11-14)9-6-15-16-3-4-18(23)19(16,2)8-7-17(15)21/h6,9,14-17H,3-5,7-8,10-12H2,1-2H3/t14-,15+,16+,17+,19+,20-,21+/m1/s1. The SMILES string of the molecule is CC(=O)O[C@@H]1CC[C@@]23C[C@@]2(C=C[C@@H]2[C@@H]3CC[C@]3(C)C(=O)CC[C@@H]23)C1. The molecule has 0 aliphatic heterocycles. The zero-order valence-corrected chi connectivity index (χ0v) is 14.8. The quantitative estimate of drug-likeness (QED) is 0.538. The summed E-state index contributed by atoms with van der Waals surface area (Å²) >= 11 is 0. The average Bonchev–Trinajstić information content (AvgIpc) is 3.13. The van der Waals surface area contributed by atoms with Crippen LogP contribution in [0.3, 0.4) is 0 Å². The molecule has 0 aromatic heterocycles. The van der Waals surface area contributed by atoms with E-state index < -0.39 is 0 Å². The molecule has 3 nitrogen and oxygen atoms in total. The molecule has 4 fully saturated rings. The van der Waals surface area contributed by atoms with Gasteiger partial charge in [-0.05, 0) is 73.5 Å². The van der Waals surface area contributed by atoms with E-state index in [-0.39, 0.29) is 17.5 Å². The lowest BCUT2D eigenvalue weighted by Gasteiger charge is -2.52. The van der Waals surface area contributed by atoms with Gasteiger partial charge in [-0.1, -0.05) is 19.1 Å². The third kappa shape index (κ3) is 1.69. The van der Waals surface area contributed by atoms with Gasteiger partial charge in [-0.3, -0.25) is 9.59 Å². The molecular formula is C21H28O3. The summed E-state index contributed by atoms with van der Waals surface area (Å²) in [6, 6.07) is 0. The lowest BCUT2D eigenvalue weighted by atomic mass is 9.52.